The van der Waals surface area contributed by atoms with Crippen LogP contribution in [0.15, 0.2) is 21.1 Å². The molecule has 21 heavy (non-hydrogen) atoms. The second kappa shape index (κ2) is 7.26. The van der Waals surface area contributed by atoms with Crippen molar-refractivity contribution in [2.75, 3.05) is 11.9 Å². The fourth-order valence-electron chi connectivity index (χ4n) is 2.20. The van der Waals surface area contributed by atoms with Gasteiger partial charge in [0.15, 0.2) is 0 Å². The van der Waals surface area contributed by atoms with Gasteiger partial charge in [-0.3, -0.25) is 0 Å². The summed E-state index contributed by atoms with van der Waals surface area (Å²) in [6, 6.07) is 2.76. The molecular formula is C14H16Br2N2O3. The first-order valence-corrected chi connectivity index (χ1v) is 8.33. The third kappa shape index (κ3) is 4.44. The van der Waals surface area contributed by atoms with Crippen LogP contribution in [0.1, 0.15) is 36.0 Å². The minimum atomic E-state index is -1.10. The summed E-state index contributed by atoms with van der Waals surface area (Å²) >= 11 is 6.50. The lowest BCUT2D eigenvalue weighted by Gasteiger charge is -2.25. The topological polar surface area (TPSA) is 78.4 Å². The zero-order valence-electron chi connectivity index (χ0n) is 11.3. The van der Waals surface area contributed by atoms with E-state index < -0.39 is 5.97 Å². The highest BCUT2D eigenvalue weighted by molar-refractivity contribution is 9.11. The van der Waals surface area contributed by atoms with Crippen molar-refractivity contribution in [2.45, 2.75) is 25.7 Å². The van der Waals surface area contributed by atoms with Crippen molar-refractivity contribution in [1.82, 2.24) is 5.32 Å². The number of benzene rings is 1. The van der Waals surface area contributed by atoms with Crippen molar-refractivity contribution in [3.05, 3.63) is 26.6 Å². The molecule has 3 N–H and O–H groups in total. The van der Waals surface area contributed by atoms with Crippen molar-refractivity contribution < 1.29 is 14.7 Å². The molecule has 1 aliphatic rings. The van der Waals surface area contributed by atoms with E-state index in [1.807, 2.05) is 0 Å². The highest BCUT2D eigenvalue weighted by atomic mass is 79.9. The third-order valence-electron chi connectivity index (χ3n) is 3.59. The van der Waals surface area contributed by atoms with Crippen LogP contribution in [-0.2, 0) is 0 Å². The lowest BCUT2D eigenvalue weighted by atomic mass is 9.83. The highest BCUT2D eigenvalue weighted by Gasteiger charge is 2.18. The quantitative estimate of drug-likeness (QED) is 0.668. The van der Waals surface area contributed by atoms with E-state index in [1.54, 1.807) is 6.07 Å². The molecule has 1 aromatic rings. The molecule has 1 aliphatic carbocycles. The monoisotopic (exact) mass is 418 g/mol. The first-order chi connectivity index (χ1) is 9.97. The molecule has 0 spiro atoms. The van der Waals surface area contributed by atoms with E-state index in [4.69, 9.17) is 0 Å². The number of rotatable bonds is 5. The van der Waals surface area contributed by atoms with Crippen LogP contribution in [0.5, 0.6) is 0 Å². The Hall–Kier alpha value is -1.08. The number of urea groups is 1. The van der Waals surface area contributed by atoms with Crippen molar-refractivity contribution in [2.24, 2.45) is 5.92 Å². The Morgan fingerprint density at radius 3 is 2.57 bits per heavy atom. The number of carbonyl (C=O) groups excluding carboxylic acids is 1. The molecule has 0 aromatic heterocycles. The summed E-state index contributed by atoms with van der Waals surface area (Å²) in [5, 5.41) is 14.6. The fraction of sp³-hybridized carbons (Fsp3) is 0.429. The summed E-state index contributed by atoms with van der Waals surface area (Å²) in [6.07, 6.45) is 4.74. The van der Waals surface area contributed by atoms with Crippen LogP contribution < -0.4 is 10.6 Å². The molecule has 2 rings (SSSR count). The Bertz CT molecular complexity index is 559. The van der Waals surface area contributed by atoms with E-state index in [1.165, 1.54) is 25.3 Å². The number of aromatic carboxylic acids is 1. The second-order valence-electron chi connectivity index (χ2n) is 5.08. The van der Waals surface area contributed by atoms with Crippen molar-refractivity contribution in [1.29, 1.82) is 0 Å². The van der Waals surface area contributed by atoms with E-state index >= 15 is 0 Å². The van der Waals surface area contributed by atoms with E-state index in [2.05, 4.69) is 42.5 Å². The second-order valence-corrected chi connectivity index (χ2v) is 6.85. The van der Waals surface area contributed by atoms with E-state index in [0.29, 0.717) is 15.5 Å². The number of anilines is 1. The Kier molecular flexibility index (Phi) is 5.64. The molecule has 0 radical (unpaired) electrons. The maximum Gasteiger partial charge on any atom is 0.337 e. The van der Waals surface area contributed by atoms with Gasteiger partial charge in [-0.1, -0.05) is 35.2 Å². The summed E-state index contributed by atoms with van der Waals surface area (Å²) in [4.78, 5) is 23.1. The SMILES string of the molecule is O=C(NCCC1CCC1)Nc1c(Br)cc(Br)cc1C(=O)O. The normalized spacial score (nSPS) is 14.4. The van der Waals surface area contributed by atoms with Gasteiger partial charge in [0.2, 0.25) is 0 Å². The van der Waals surface area contributed by atoms with Gasteiger partial charge in [0.1, 0.15) is 0 Å². The zero-order chi connectivity index (χ0) is 15.4. The van der Waals surface area contributed by atoms with Gasteiger partial charge in [-0.05, 0) is 40.4 Å². The number of carboxylic acid groups (broad SMARTS) is 1. The number of hydrogen-bond acceptors (Lipinski definition) is 2. The zero-order valence-corrected chi connectivity index (χ0v) is 14.5. The average molecular weight is 420 g/mol. The van der Waals surface area contributed by atoms with Crippen LogP contribution in [0.2, 0.25) is 0 Å². The van der Waals surface area contributed by atoms with Crippen LogP contribution in [0.4, 0.5) is 10.5 Å². The van der Waals surface area contributed by atoms with Crippen LogP contribution in [-0.4, -0.2) is 23.7 Å². The molecule has 7 heteroatoms. The molecule has 0 aliphatic heterocycles. The minimum absolute atomic E-state index is 0.0328. The van der Waals surface area contributed by atoms with Gasteiger partial charge >= 0.3 is 12.0 Å². The number of carboxylic acids is 1. The van der Waals surface area contributed by atoms with Crippen molar-refractivity contribution in [3.63, 3.8) is 0 Å². The molecular weight excluding hydrogens is 404 g/mol. The molecule has 0 unspecified atom stereocenters. The van der Waals surface area contributed by atoms with E-state index in [0.717, 1.165) is 12.3 Å². The molecule has 5 nitrogen and oxygen atoms in total. The predicted octanol–water partition coefficient (Wildman–Crippen LogP) is 4.22. The Morgan fingerprint density at radius 2 is 2.00 bits per heavy atom. The largest absolute Gasteiger partial charge is 0.478 e. The number of hydrogen-bond donors (Lipinski definition) is 3. The lowest BCUT2D eigenvalue weighted by Crippen LogP contribution is -2.32. The summed E-state index contributed by atoms with van der Waals surface area (Å²) < 4.78 is 1.14. The summed E-state index contributed by atoms with van der Waals surface area (Å²) in [5.74, 6) is -0.374. The summed E-state index contributed by atoms with van der Waals surface area (Å²) in [5.41, 5.74) is 0.289. The molecule has 1 fully saturated rings. The van der Waals surface area contributed by atoms with E-state index in [-0.39, 0.29) is 17.3 Å². The summed E-state index contributed by atoms with van der Waals surface area (Å²) in [7, 11) is 0. The summed E-state index contributed by atoms with van der Waals surface area (Å²) in [6.45, 7) is 0.604. The number of carbonyl (C=O) groups is 2. The van der Waals surface area contributed by atoms with Crippen LogP contribution in [0.3, 0.4) is 0 Å². The van der Waals surface area contributed by atoms with Gasteiger partial charge in [-0.25, -0.2) is 9.59 Å². The number of amides is 2. The Morgan fingerprint density at radius 1 is 1.29 bits per heavy atom. The molecule has 0 saturated heterocycles. The van der Waals surface area contributed by atoms with Crippen molar-refractivity contribution in [3.8, 4) is 0 Å². The molecule has 1 saturated carbocycles. The predicted molar refractivity (Wildman–Crippen MR) is 87.8 cm³/mol. The first-order valence-electron chi connectivity index (χ1n) is 6.74. The molecule has 1 aromatic carbocycles. The highest BCUT2D eigenvalue weighted by Crippen LogP contribution is 2.31. The van der Waals surface area contributed by atoms with Crippen LogP contribution in [0, 0.1) is 5.92 Å². The number of nitrogens with one attached hydrogen (secondary N) is 2. The molecule has 114 valence electrons. The van der Waals surface area contributed by atoms with Crippen molar-refractivity contribution >= 4 is 49.5 Å². The van der Waals surface area contributed by atoms with Gasteiger partial charge in [-0.2, -0.15) is 0 Å². The average Bonchev–Trinajstić information content (AvgIpc) is 2.35. The maximum absolute atomic E-state index is 11.9. The Labute approximate surface area is 139 Å². The molecule has 0 atom stereocenters. The molecule has 0 heterocycles. The maximum atomic E-state index is 11.9. The van der Waals surface area contributed by atoms with Gasteiger partial charge in [0, 0.05) is 15.5 Å². The third-order valence-corrected chi connectivity index (χ3v) is 4.67. The fourth-order valence-corrected chi connectivity index (χ4v) is 3.52. The van der Waals surface area contributed by atoms with E-state index in [9.17, 15) is 14.7 Å². The van der Waals surface area contributed by atoms with Crippen LogP contribution >= 0.6 is 31.9 Å². The van der Waals surface area contributed by atoms with Gasteiger partial charge in [-0.15, -0.1) is 0 Å². The first kappa shape index (κ1) is 16.3. The van der Waals surface area contributed by atoms with Gasteiger partial charge in [0.05, 0.1) is 11.3 Å². The minimum Gasteiger partial charge on any atom is -0.478 e. The lowest BCUT2D eigenvalue weighted by molar-refractivity contribution is 0.0698. The van der Waals surface area contributed by atoms with Crippen LogP contribution in [0.25, 0.3) is 0 Å². The smallest absolute Gasteiger partial charge is 0.337 e. The standard InChI is InChI=1S/C14H16Br2N2O3/c15-9-6-10(13(19)20)12(11(16)7-9)18-14(21)17-5-4-8-2-1-3-8/h6-8H,1-5H2,(H,19,20)(H2,17,18,21). The number of halogens is 2. The molecule has 0 bridgehead atoms. The van der Waals surface area contributed by atoms with Gasteiger partial charge < -0.3 is 15.7 Å². The van der Waals surface area contributed by atoms with Gasteiger partial charge in [0.25, 0.3) is 0 Å². The molecule has 2 amide bonds. The Balaban J connectivity index is 1.97.